The summed E-state index contributed by atoms with van der Waals surface area (Å²) in [4.78, 5) is 0. The van der Waals surface area contributed by atoms with Gasteiger partial charge in [0.1, 0.15) is 11.5 Å². The summed E-state index contributed by atoms with van der Waals surface area (Å²) < 4.78 is 18.8. The number of methoxy groups -OCH3 is 1. The number of phenols is 1. The standard InChI is InChI=1S/C20H27BrO3.C16H19BrO.S9.S8/c1-22-4-5-23-13-24-19-3-2-17(21)9-18(19)20-10-14-6-15(11-20)8-16(7-14)12-20;17-13-1-2-15(18)14(6-13)16-7-10-3-11(8-16)5-12(4-10)9-16;1-3-5-7-9-8-6-4-2;1-3-5-7-8-6-4-2/h2-3,9,14-16H,4-8,10-13H2,1H3;1-2,6,10-12,18H,3-5,7-9H2;;. The van der Waals surface area contributed by atoms with Crippen molar-refractivity contribution in [2.75, 3.05) is 27.1 Å². The van der Waals surface area contributed by atoms with Gasteiger partial charge in [0.25, 0.3) is 0 Å². The van der Waals surface area contributed by atoms with E-state index in [1.807, 2.05) is 12.1 Å². The lowest BCUT2D eigenvalue weighted by Crippen LogP contribution is -2.48. The predicted octanol–water partition coefficient (Wildman–Crippen LogP) is 9.50. The minimum Gasteiger partial charge on any atom is -0.508 e. The molecule has 59 heavy (non-hydrogen) atoms. The molecule has 8 saturated carbocycles. The van der Waals surface area contributed by atoms with Gasteiger partial charge >= 0.3 is 0 Å². The van der Waals surface area contributed by atoms with Crippen LogP contribution in [0, 0.1) is 35.5 Å². The van der Waals surface area contributed by atoms with E-state index in [9.17, 15) is 5.11 Å². The summed E-state index contributed by atoms with van der Waals surface area (Å²) in [7, 11) is 21.7. The van der Waals surface area contributed by atoms with E-state index in [0.717, 1.165) is 50.2 Å². The minimum absolute atomic E-state index is 0.294. The summed E-state index contributed by atoms with van der Waals surface area (Å²) in [6.45, 7) is 1.47. The first kappa shape index (κ1) is 52.6. The van der Waals surface area contributed by atoms with E-state index in [1.165, 1.54) is 124 Å². The number of phenolic OH excluding ortho intramolecular Hbond substituents is 1. The Kier molecular flexibility index (Phi) is 25.1. The van der Waals surface area contributed by atoms with Crippen molar-refractivity contribution in [2.24, 2.45) is 35.5 Å². The van der Waals surface area contributed by atoms with Crippen LogP contribution in [0.25, 0.3) is 0 Å². The zero-order chi connectivity index (χ0) is 42.1. The molecule has 8 aliphatic rings. The van der Waals surface area contributed by atoms with E-state index in [0.29, 0.717) is 36.6 Å². The number of benzene rings is 2. The molecule has 0 radical (unpaired) electrons. The van der Waals surface area contributed by atoms with Gasteiger partial charge in [0.05, 0.1) is 13.2 Å². The molecular weight excluding hydrogens is 1200 g/mol. The van der Waals surface area contributed by atoms with Crippen molar-refractivity contribution in [1.82, 2.24) is 0 Å². The van der Waals surface area contributed by atoms with Crippen LogP contribution in [0.4, 0.5) is 0 Å². The van der Waals surface area contributed by atoms with Gasteiger partial charge in [-0.1, -0.05) is 31.9 Å². The lowest BCUT2D eigenvalue weighted by atomic mass is 9.48. The van der Waals surface area contributed by atoms with Crippen LogP contribution in [0.1, 0.15) is 88.2 Å². The van der Waals surface area contributed by atoms with Crippen LogP contribution in [0.5, 0.6) is 11.5 Å². The van der Waals surface area contributed by atoms with Crippen molar-refractivity contribution in [3.05, 3.63) is 56.5 Å². The smallest absolute Gasteiger partial charge is 0.189 e. The average molecular weight is 1250 g/mol. The van der Waals surface area contributed by atoms with Crippen LogP contribution in [-0.4, -0.2) is 32.2 Å². The number of ether oxygens (including phenoxy) is 3. The van der Waals surface area contributed by atoms with Crippen LogP contribution in [-0.2, 0) is 181 Å². The fourth-order valence-corrected chi connectivity index (χ4v) is 36.7. The summed E-state index contributed by atoms with van der Waals surface area (Å²) in [6, 6.07) is 12.5. The molecule has 2 aromatic rings. The van der Waals surface area contributed by atoms with Crippen molar-refractivity contribution >= 4 is 192 Å². The predicted molar refractivity (Wildman–Crippen MR) is 298 cm³/mol. The van der Waals surface area contributed by atoms with Gasteiger partial charge in [-0.3, -0.25) is 0 Å². The van der Waals surface area contributed by atoms with Gasteiger partial charge in [0.2, 0.25) is 0 Å². The molecule has 0 saturated heterocycles. The molecule has 330 valence electrons. The van der Waals surface area contributed by atoms with E-state index in [2.05, 4.69) is 101 Å². The molecule has 4 nitrogen and oxygen atoms in total. The van der Waals surface area contributed by atoms with Gasteiger partial charge in [-0.25, -0.2) is 0 Å². The van der Waals surface area contributed by atoms with E-state index in [4.69, 9.17) is 14.2 Å². The van der Waals surface area contributed by atoms with Crippen molar-refractivity contribution in [2.45, 2.75) is 87.9 Å². The van der Waals surface area contributed by atoms with Crippen molar-refractivity contribution < 1.29 is 19.3 Å². The monoisotopic (exact) mass is 1240 g/mol. The Morgan fingerprint density at radius 1 is 0.559 bits per heavy atom. The summed E-state index contributed by atoms with van der Waals surface area (Å²) >= 11 is 25.7. The van der Waals surface area contributed by atoms with Crippen LogP contribution in [0.2, 0.25) is 0 Å². The third kappa shape index (κ3) is 16.4. The molecule has 0 aliphatic heterocycles. The second-order valence-corrected chi connectivity index (χ2v) is 40.6. The molecule has 8 bridgehead atoms. The van der Waals surface area contributed by atoms with E-state index in [-0.39, 0.29) is 0 Å². The zero-order valence-corrected chi connectivity index (χ0v) is 49.0. The second kappa shape index (κ2) is 28.1. The highest BCUT2D eigenvalue weighted by molar-refractivity contribution is 9.10. The second-order valence-electron chi connectivity index (χ2n) is 15.7. The lowest BCUT2D eigenvalue weighted by Gasteiger charge is -2.57. The Labute approximate surface area is 423 Å². The first-order chi connectivity index (χ1) is 28.7. The van der Waals surface area contributed by atoms with E-state index in [1.54, 1.807) is 87.0 Å². The Balaban J connectivity index is 0.000000166. The molecular formula is C36H46Br2O4S17. The summed E-state index contributed by atoms with van der Waals surface area (Å²) in [5.74, 6) is 7.10. The Morgan fingerprint density at radius 3 is 1.34 bits per heavy atom. The number of rotatable bonds is 8. The van der Waals surface area contributed by atoms with Gasteiger partial charge in [-0.2, -0.15) is 0 Å². The fourth-order valence-electron chi connectivity index (χ4n) is 11.3. The zero-order valence-electron chi connectivity index (χ0n) is 31.9. The lowest BCUT2D eigenvalue weighted by molar-refractivity contribution is -0.0189. The van der Waals surface area contributed by atoms with Crippen molar-refractivity contribution in [3.8, 4) is 11.5 Å². The summed E-state index contributed by atoms with van der Waals surface area (Å²) in [5.41, 5.74) is 3.26. The molecule has 0 aromatic heterocycles. The first-order valence-electron chi connectivity index (χ1n) is 18.8. The molecule has 0 atom stereocenters. The molecule has 0 unspecified atom stereocenters. The highest BCUT2D eigenvalue weighted by atomic mass is 79.9. The molecule has 0 spiro atoms. The summed E-state index contributed by atoms with van der Waals surface area (Å²) in [6.07, 6.45) is 16.7. The highest BCUT2D eigenvalue weighted by Gasteiger charge is 2.53. The SMILES string of the molecule is COCCOCOc1ccc(Br)cc1C12CC3CC(CC(C3)C1)C2.Oc1ccc(Br)cc1C12CC3CC(CC(C3)C1)C2.S=S=S=S=S=S=S=S.S=S=S=S=S=S=S=S=S. The van der Waals surface area contributed by atoms with Gasteiger partial charge in [-0.15, -0.1) is 0 Å². The number of hydrogen-bond donors (Lipinski definition) is 1. The van der Waals surface area contributed by atoms with Gasteiger partial charge < -0.3 is 19.3 Å². The van der Waals surface area contributed by atoms with Crippen molar-refractivity contribution in [3.63, 3.8) is 0 Å². The molecule has 1 N–H and O–H groups in total. The average Bonchev–Trinajstić information content (AvgIpc) is 3.20. The highest BCUT2D eigenvalue weighted by Crippen LogP contribution is 2.63. The van der Waals surface area contributed by atoms with Crippen LogP contribution >= 0.6 is 31.9 Å². The quantitative estimate of drug-likeness (QED) is 0.208. The van der Waals surface area contributed by atoms with Gasteiger partial charge in [0, 0.05) is 187 Å². The Morgan fingerprint density at radius 2 is 0.932 bits per heavy atom. The number of halogens is 2. The largest absolute Gasteiger partial charge is 0.508 e. The third-order valence-corrected chi connectivity index (χ3v) is 37.6. The summed E-state index contributed by atoms with van der Waals surface area (Å²) in [5, 5.41) is 10.3. The normalized spacial score (nSPS) is 28.3. The third-order valence-electron chi connectivity index (χ3n) is 12.2. The molecule has 8 fully saturated rings. The molecule has 23 heteroatoms. The number of hydrogen-bond acceptors (Lipinski definition) is 8. The van der Waals surface area contributed by atoms with Gasteiger partial charge in [-0.05, 0) is 160 Å². The maximum Gasteiger partial charge on any atom is 0.189 e. The van der Waals surface area contributed by atoms with E-state index < -0.39 is 0 Å². The van der Waals surface area contributed by atoms with Gasteiger partial charge in [0.15, 0.2) is 6.79 Å². The molecule has 10 rings (SSSR count). The maximum absolute atomic E-state index is 10.3. The van der Waals surface area contributed by atoms with Crippen LogP contribution in [0.15, 0.2) is 45.3 Å². The maximum atomic E-state index is 10.3. The molecule has 0 heterocycles. The van der Waals surface area contributed by atoms with Crippen LogP contribution in [0.3, 0.4) is 0 Å². The molecule has 8 aliphatic carbocycles. The minimum atomic E-state index is 0.294. The molecule has 2 aromatic carbocycles. The molecule has 0 amide bonds. The Bertz CT molecular complexity index is 2220. The van der Waals surface area contributed by atoms with Crippen molar-refractivity contribution in [1.29, 1.82) is 0 Å². The number of aromatic hydroxyl groups is 1. The fraction of sp³-hybridized carbons (Fsp3) is 0.667. The first-order valence-corrected chi connectivity index (χ1v) is 40.4. The Hall–Kier alpha value is 2.66. The topological polar surface area (TPSA) is 47.9 Å². The van der Waals surface area contributed by atoms with Crippen LogP contribution < -0.4 is 4.74 Å². The van der Waals surface area contributed by atoms with E-state index >= 15 is 0 Å².